The monoisotopic (exact) mass is 244 g/mol. The second-order valence-corrected chi connectivity index (χ2v) is 5.47. The molecule has 0 aliphatic heterocycles. The largest absolute Gasteiger partial charge is 0.397 e. The van der Waals surface area contributed by atoms with Gasteiger partial charge in [0.1, 0.15) is 5.82 Å². The van der Waals surface area contributed by atoms with Crippen LogP contribution in [-0.4, -0.2) is 38.3 Å². The van der Waals surface area contributed by atoms with E-state index in [1.807, 2.05) is 0 Å². The summed E-state index contributed by atoms with van der Waals surface area (Å²) in [7, 11) is -0.529. The minimum atomic E-state index is -3.49. The van der Waals surface area contributed by atoms with Crippen molar-refractivity contribution in [1.82, 2.24) is 9.29 Å². The topological polar surface area (TPSA) is 79.5 Å². The Morgan fingerprint density at radius 2 is 2.00 bits per heavy atom. The predicted octanol–water partition coefficient (Wildman–Crippen LogP) is 0.296. The van der Waals surface area contributed by atoms with Crippen molar-refractivity contribution in [1.29, 1.82) is 0 Å². The van der Waals surface area contributed by atoms with E-state index in [0.717, 1.165) is 4.31 Å². The third-order valence-electron chi connectivity index (χ3n) is 2.05. The van der Waals surface area contributed by atoms with Crippen LogP contribution in [0, 0.1) is 0 Å². The zero-order valence-corrected chi connectivity index (χ0v) is 10.4. The molecule has 0 spiro atoms. The van der Waals surface area contributed by atoms with Crippen molar-refractivity contribution in [2.24, 2.45) is 0 Å². The molecule has 7 heteroatoms. The summed E-state index contributed by atoms with van der Waals surface area (Å²) in [6.07, 6.45) is 1.43. The van der Waals surface area contributed by atoms with Crippen molar-refractivity contribution in [2.45, 2.75) is 6.92 Å². The first-order valence-corrected chi connectivity index (χ1v) is 6.21. The summed E-state index contributed by atoms with van der Waals surface area (Å²) in [6, 6.07) is 3.20. The van der Waals surface area contributed by atoms with E-state index in [9.17, 15) is 8.42 Å². The molecule has 16 heavy (non-hydrogen) atoms. The molecule has 0 bridgehead atoms. The molecule has 90 valence electrons. The summed E-state index contributed by atoms with van der Waals surface area (Å²) in [4.78, 5) is 3.99. The highest BCUT2D eigenvalue weighted by molar-refractivity contribution is 7.90. The normalized spacial score (nSPS) is 11.8. The van der Waals surface area contributed by atoms with Crippen molar-refractivity contribution in [3.63, 3.8) is 0 Å². The summed E-state index contributed by atoms with van der Waals surface area (Å²) in [6.45, 7) is 2.07. The molecule has 1 heterocycles. The van der Waals surface area contributed by atoms with Crippen LogP contribution in [0.1, 0.15) is 6.92 Å². The summed E-state index contributed by atoms with van der Waals surface area (Å²) >= 11 is 0. The highest BCUT2D eigenvalue weighted by atomic mass is 32.2. The van der Waals surface area contributed by atoms with E-state index in [-0.39, 0.29) is 0 Å². The first-order valence-electron chi connectivity index (χ1n) is 4.81. The van der Waals surface area contributed by atoms with Gasteiger partial charge in [-0.1, -0.05) is 0 Å². The van der Waals surface area contributed by atoms with Crippen LogP contribution < -0.4 is 10.0 Å². The molecule has 6 nitrogen and oxygen atoms in total. The second-order valence-electron chi connectivity index (χ2n) is 3.40. The number of anilines is 2. The Balaban J connectivity index is 3.13. The lowest BCUT2D eigenvalue weighted by Crippen LogP contribution is -2.40. The van der Waals surface area contributed by atoms with Crippen LogP contribution in [0.25, 0.3) is 0 Å². The number of rotatable bonds is 4. The maximum atomic E-state index is 11.9. The first kappa shape index (κ1) is 12.7. The fraction of sp³-hybridized carbons (Fsp3) is 0.444. The molecule has 1 aromatic heterocycles. The van der Waals surface area contributed by atoms with Gasteiger partial charge >= 0.3 is 10.2 Å². The zero-order valence-electron chi connectivity index (χ0n) is 9.58. The Hall–Kier alpha value is -1.34. The third kappa shape index (κ3) is 2.42. The quantitative estimate of drug-likeness (QED) is 0.826. The predicted molar refractivity (Wildman–Crippen MR) is 64.3 cm³/mol. The minimum Gasteiger partial charge on any atom is -0.397 e. The molecule has 1 rings (SSSR count). The van der Waals surface area contributed by atoms with E-state index in [2.05, 4.69) is 4.98 Å². The minimum absolute atomic E-state index is 0.317. The number of nitrogens with zero attached hydrogens (tertiary/aromatic N) is 3. The Labute approximate surface area is 95.9 Å². The number of pyridine rings is 1. The Morgan fingerprint density at radius 1 is 1.38 bits per heavy atom. The van der Waals surface area contributed by atoms with Crippen molar-refractivity contribution >= 4 is 21.7 Å². The van der Waals surface area contributed by atoms with Crippen molar-refractivity contribution in [3.8, 4) is 0 Å². The van der Waals surface area contributed by atoms with Crippen LogP contribution in [0.3, 0.4) is 0 Å². The van der Waals surface area contributed by atoms with Crippen LogP contribution in [0.5, 0.6) is 0 Å². The second kappa shape index (κ2) is 4.67. The van der Waals surface area contributed by atoms with Gasteiger partial charge < -0.3 is 5.73 Å². The van der Waals surface area contributed by atoms with Gasteiger partial charge in [-0.3, -0.25) is 0 Å². The van der Waals surface area contributed by atoms with Crippen molar-refractivity contribution in [2.75, 3.05) is 30.7 Å². The first-order chi connectivity index (χ1) is 7.39. The van der Waals surface area contributed by atoms with Gasteiger partial charge in [-0.05, 0) is 19.1 Å². The molecule has 0 fully saturated rings. The summed E-state index contributed by atoms with van der Waals surface area (Å²) in [5.74, 6) is 0.366. The Morgan fingerprint density at radius 3 is 2.38 bits per heavy atom. The molecule has 0 saturated carbocycles. The van der Waals surface area contributed by atoms with Gasteiger partial charge in [0.15, 0.2) is 0 Å². The van der Waals surface area contributed by atoms with Crippen LogP contribution >= 0.6 is 0 Å². The van der Waals surface area contributed by atoms with Gasteiger partial charge in [0.05, 0.1) is 11.9 Å². The van der Waals surface area contributed by atoms with Gasteiger partial charge in [-0.25, -0.2) is 9.29 Å². The number of nitrogen functional groups attached to an aromatic ring is 1. The highest BCUT2D eigenvalue weighted by Crippen LogP contribution is 2.16. The van der Waals surface area contributed by atoms with E-state index in [0.29, 0.717) is 18.1 Å². The molecule has 0 amide bonds. The molecule has 0 radical (unpaired) electrons. The maximum absolute atomic E-state index is 11.9. The molecule has 0 aromatic carbocycles. The lowest BCUT2D eigenvalue weighted by Gasteiger charge is -2.24. The van der Waals surface area contributed by atoms with Gasteiger partial charge in [-0.2, -0.15) is 12.7 Å². The lowest BCUT2D eigenvalue weighted by atomic mass is 10.4. The number of hydrogen-bond donors (Lipinski definition) is 1. The molecule has 1 aromatic rings. The van der Waals surface area contributed by atoms with Gasteiger partial charge in [0.25, 0.3) is 0 Å². The van der Waals surface area contributed by atoms with Crippen LogP contribution in [0.4, 0.5) is 11.5 Å². The Kier molecular flexibility index (Phi) is 3.71. The summed E-state index contributed by atoms with van der Waals surface area (Å²) in [5.41, 5.74) is 6.00. The zero-order chi connectivity index (χ0) is 12.3. The van der Waals surface area contributed by atoms with Crippen LogP contribution in [0.15, 0.2) is 18.3 Å². The molecule has 0 unspecified atom stereocenters. The lowest BCUT2D eigenvalue weighted by molar-refractivity contribution is 0.516. The molecule has 0 aliphatic rings. The summed E-state index contributed by atoms with van der Waals surface area (Å²) < 4.78 is 26.2. The number of hydrogen-bond acceptors (Lipinski definition) is 4. The average Bonchev–Trinajstić information content (AvgIpc) is 2.21. The van der Waals surface area contributed by atoms with E-state index in [1.165, 1.54) is 24.6 Å². The molecule has 0 saturated heterocycles. The SMILES string of the molecule is CCN(c1ccc(N)cn1)S(=O)(=O)N(C)C. The van der Waals surface area contributed by atoms with Gasteiger partial charge in [0.2, 0.25) is 0 Å². The van der Waals surface area contributed by atoms with E-state index >= 15 is 0 Å². The fourth-order valence-electron chi connectivity index (χ4n) is 1.19. The van der Waals surface area contributed by atoms with Gasteiger partial charge in [0, 0.05) is 20.6 Å². The third-order valence-corrected chi connectivity index (χ3v) is 3.98. The summed E-state index contributed by atoms with van der Waals surface area (Å²) in [5, 5.41) is 0. The maximum Gasteiger partial charge on any atom is 0.304 e. The molecule has 0 atom stereocenters. The van der Waals surface area contributed by atoms with E-state index in [4.69, 9.17) is 5.73 Å². The average molecular weight is 244 g/mol. The van der Waals surface area contributed by atoms with Crippen LogP contribution in [0.2, 0.25) is 0 Å². The van der Waals surface area contributed by atoms with E-state index < -0.39 is 10.2 Å². The number of aromatic nitrogens is 1. The number of nitrogens with two attached hydrogens (primary N) is 1. The Bertz CT molecular complexity index is 441. The molecular weight excluding hydrogens is 228 g/mol. The molecule has 2 N–H and O–H groups in total. The van der Waals surface area contributed by atoms with Gasteiger partial charge in [-0.15, -0.1) is 0 Å². The van der Waals surface area contributed by atoms with Crippen molar-refractivity contribution < 1.29 is 8.42 Å². The molecule has 0 aliphatic carbocycles. The van der Waals surface area contributed by atoms with Crippen LogP contribution in [-0.2, 0) is 10.2 Å². The van der Waals surface area contributed by atoms with Crippen molar-refractivity contribution in [3.05, 3.63) is 18.3 Å². The fourth-order valence-corrected chi connectivity index (χ4v) is 2.25. The van der Waals surface area contributed by atoms with E-state index in [1.54, 1.807) is 19.1 Å². The standard InChI is InChI=1S/C9H16N4O2S/c1-4-13(16(14,15)12(2)3)9-6-5-8(10)7-11-9/h5-7H,4,10H2,1-3H3. The smallest absolute Gasteiger partial charge is 0.304 e. The highest BCUT2D eigenvalue weighted by Gasteiger charge is 2.23. The molecular formula is C9H16N4O2S.